The number of nitrogens with one attached hydrogen (secondary N) is 2. The van der Waals surface area contributed by atoms with Crippen LogP contribution in [0.3, 0.4) is 0 Å². The summed E-state index contributed by atoms with van der Waals surface area (Å²) in [6.07, 6.45) is 0. The van der Waals surface area contributed by atoms with Crippen LogP contribution in [-0.4, -0.2) is 20.1 Å². The van der Waals surface area contributed by atoms with Crippen LogP contribution in [0.5, 0.6) is 0 Å². The summed E-state index contributed by atoms with van der Waals surface area (Å²) in [5.41, 5.74) is 3.50. The Morgan fingerprint density at radius 3 is 2.58 bits per heavy atom. The third kappa shape index (κ3) is 4.80. The summed E-state index contributed by atoms with van der Waals surface area (Å²) in [7, 11) is -3.86. The van der Waals surface area contributed by atoms with Gasteiger partial charge in [-0.2, -0.15) is 0 Å². The van der Waals surface area contributed by atoms with Crippen LogP contribution in [0.15, 0.2) is 52.3 Å². The third-order valence-corrected chi connectivity index (χ3v) is 5.59. The second kappa shape index (κ2) is 7.78. The van der Waals surface area contributed by atoms with Crippen molar-refractivity contribution in [3.63, 3.8) is 0 Å². The number of benzene rings is 2. The first-order valence-corrected chi connectivity index (χ1v) is 9.52. The summed E-state index contributed by atoms with van der Waals surface area (Å²) in [4.78, 5) is 14.3. The summed E-state index contributed by atoms with van der Waals surface area (Å²) in [6, 6.07) is 11.1. The molecular formula is C16H17FN2O3S2. The molecule has 0 bridgehead atoms. The number of rotatable bonds is 6. The zero-order valence-corrected chi connectivity index (χ0v) is 14.8. The van der Waals surface area contributed by atoms with E-state index in [-0.39, 0.29) is 10.6 Å². The van der Waals surface area contributed by atoms with E-state index in [2.05, 4.69) is 10.3 Å². The number of hydrogen-bond donors (Lipinski definition) is 2. The SMILES string of the molecule is Cc1ccc(C)c(S(=O)(=O)NNC(=O)CSc2ccccc2F)c1. The number of aryl methyl sites for hydroxylation is 2. The molecule has 5 nitrogen and oxygen atoms in total. The predicted molar refractivity (Wildman–Crippen MR) is 91.5 cm³/mol. The highest BCUT2D eigenvalue weighted by Crippen LogP contribution is 2.20. The fourth-order valence-electron chi connectivity index (χ4n) is 1.92. The predicted octanol–water partition coefficient (Wildman–Crippen LogP) is 2.54. The van der Waals surface area contributed by atoms with Crippen molar-refractivity contribution in [1.82, 2.24) is 10.3 Å². The molecule has 0 unspecified atom stereocenters. The van der Waals surface area contributed by atoms with Crippen LogP contribution in [0.4, 0.5) is 4.39 Å². The molecule has 2 rings (SSSR count). The van der Waals surface area contributed by atoms with Crippen LogP contribution in [0, 0.1) is 19.7 Å². The number of amides is 1. The number of hydrazine groups is 1. The van der Waals surface area contributed by atoms with E-state index in [0.717, 1.165) is 17.3 Å². The van der Waals surface area contributed by atoms with E-state index in [1.807, 2.05) is 0 Å². The summed E-state index contributed by atoms with van der Waals surface area (Å²) in [5.74, 6) is -1.11. The van der Waals surface area contributed by atoms with E-state index >= 15 is 0 Å². The van der Waals surface area contributed by atoms with Gasteiger partial charge in [-0.3, -0.25) is 10.2 Å². The number of halogens is 1. The summed E-state index contributed by atoms with van der Waals surface area (Å²) < 4.78 is 37.9. The Labute approximate surface area is 144 Å². The molecule has 2 N–H and O–H groups in total. The highest BCUT2D eigenvalue weighted by atomic mass is 32.2. The van der Waals surface area contributed by atoms with Gasteiger partial charge in [-0.25, -0.2) is 12.8 Å². The van der Waals surface area contributed by atoms with Crippen LogP contribution < -0.4 is 10.3 Å². The fourth-order valence-corrected chi connectivity index (χ4v) is 3.85. The number of carbonyl (C=O) groups excluding carboxylic acids is 1. The molecule has 0 aliphatic carbocycles. The van der Waals surface area contributed by atoms with Crippen LogP contribution in [0.2, 0.25) is 0 Å². The second-order valence-electron chi connectivity index (χ2n) is 5.14. The maximum atomic E-state index is 13.5. The zero-order valence-electron chi connectivity index (χ0n) is 13.2. The molecule has 0 aliphatic rings. The van der Waals surface area contributed by atoms with E-state index in [1.165, 1.54) is 12.1 Å². The van der Waals surface area contributed by atoms with E-state index in [9.17, 15) is 17.6 Å². The molecule has 0 radical (unpaired) electrons. The molecule has 8 heteroatoms. The number of sulfonamides is 1. The highest BCUT2D eigenvalue weighted by molar-refractivity contribution is 8.00. The van der Waals surface area contributed by atoms with Gasteiger partial charge >= 0.3 is 0 Å². The van der Waals surface area contributed by atoms with Gasteiger partial charge in [0.15, 0.2) is 0 Å². The molecule has 0 heterocycles. The lowest BCUT2D eigenvalue weighted by atomic mass is 10.2. The minimum Gasteiger partial charge on any atom is -0.277 e. The van der Waals surface area contributed by atoms with Crippen molar-refractivity contribution in [2.24, 2.45) is 0 Å². The Morgan fingerprint density at radius 1 is 1.17 bits per heavy atom. The zero-order chi connectivity index (χ0) is 17.7. The molecule has 128 valence electrons. The lowest BCUT2D eigenvalue weighted by Gasteiger charge is -2.11. The monoisotopic (exact) mass is 368 g/mol. The molecular weight excluding hydrogens is 351 g/mol. The van der Waals surface area contributed by atoms with E-state index in [4.69, 9.17) is 0 Å². The molecule has 0 atom stereocenters. The fraction of sp³-hybridized carbons (Fsp3) is 0.188. The topological polar surface area (TPSA) is 75.3 Å². The lowest BCUT2D eigenvalue weighted by Crippen LogP contribution is -2.42. The largest absolute Gasteiger partial charge is 0.277 e. The van der Waals surface area contributed by atoms with Gasteiger partial charge in [0.05, 0.1) is 10.6 Å². The standard InChI is InChI=1S/C16H17FN2O3S2/c1-11-7-8-12(2)15(9-11)24(21,22)19-18-16(20)10-23-14-6-4-3-5-13(14)17/h3-9,19H,10H2,1-2H3,(H,18,20). The Morgan fingerprint density at radius 2 is 1.88 bits per heavy atom. The van der Waals surface area contributed by atoms with Crippen molar-refractivity contribution in [2.75, 3.05) is 5.75 Å². The van der Waals surface area contributed by atoms with E-state index in [0.29, 0.717) is 10.5 Å². The molecule has 0 spiro atoms. The van der Waals surface area contributed by atoms with Gasteiger partial charge in [0.25, 0.3) is 10.0 Å². The van der Waals surface area contributed by atoms with Gasteiger partial charge in [0, 0.05) is 4.90 Å². The van der Waals surface area contributed by atoms with Crippen LogP contribution in [0.1, 0.15) is 11.1 Å². The van der Waals surface area contributed by atoms with Crippen molar-refractivity contribution < 1.29 is 17.6 Å². The first-order chi connectivity index (χ1) is 11.3. The maximum absolute atomic E-state index is 13.5. The van der Waals surface area contributed by atoms with Gasteiger partial charge in [-0.1, -0.05) is 24.3 Å². The Kier molecular flexibility index (Phi) is 5.98. The molecule has 0 aliphatic heterocycles. The minimum atomic E-state index is -3.86. The van der Waals surface area contributed by atoms with Gasteiger partial charge in [0.1, 0.15) is 5.82 Å². The summed E-state index contributed by atoms with van der Waals surface area (Å²) in [5, 5.41) is 0. The highest BCUT2D eigenvalue weighted by Gasteiger charge is 2.18. The Hall–Kier alpha value is -1.90. The van der Waals surface area contributed by atoms with Crippen LogP contribution in [0.25, 0.3) is 0 Å². The van der Waals surface area contributed by atoms with Gasteiger partial charge in [0.2, 0.25) is 5.91 Å². The maximum Gasteiger partial charge on any atom is 0.257 e. The normalized spacial score (nSPS) is 11.3. The molecule has 2 aromatic rings. The molecule has 2 aromatic carbocycles. The Balaban J connectivity index is 1.95. The van der Waals surface area contributed by atoms with Gasteiger partial charge in [-0.15, -0.1) is 16.6 Å². The molecule has 0 saturated carbocycles. The smallest absolute Gasteiger partial charge is 0.257 e. The van der Waals surface area contributed by atoms with Crippen molar-refractivity contribution >= 4 is 27.7 Å². The Bertz CT molecular complexity index is 854. The van der Waals surface area contributed by atoms with E-state index in [1.54, 1.807) is 44.2 Å². The summed E-state index contributed by atoms with van der Waals surface area (Å²) >= 11 is 0.985. The molecule has 0 fully saturated rings. The average Bonchev–Trinajstić information content (AvgIpc) is 2.54. The molecule has 1 amide bonds. The molecule has 24 heavy (non-hydrogen) atoms. The average molecular weight is 368 g/mol. The third-order valence-electron chi connectivity index (χ3n) is 3.15. The lowest BCUT2D eigenvalue weighted by molar-refractivity contribution is -0.119. The second-order valence-corrected chi connectivity index (χ2v) is 7.81. The quantitative estimate of drug-likeness (QED) is 0.607. The van der Waals surface area contributed by atoms with Crippen molar-refractivity contribution in [3.8, 4) is 0 Å². The first-order valence-electron chi connectivity index (χ1n) is 7.05. The van der Waals surface area contributed by atoms with Crippen LogP contribution in [-0.2, 0) is 14.8 Å². The number of thioether (sulfide) groups is 1. The van der Waals surface area contributed by atoms with Gasteiger partial charge in [-0.05, 0) is 43.2 Å². The van der Waals surface area contributed by atoms with Crippen molar-refractivity contribution in [3.05, 3.63) is 59.4 Å². The number of carbonyl (C=O) groups is 1. The summed E-state index contributed by atoms with van der Waals surface area (Å²) in [6.45, 7) is 3.45. The van der Waals surface area contributed by atoms with Crippen LogP contribution >= 0.6 is 11.8 Å². The van der Waals surface area contributed by atoms with E-state index < -0.39 is 21.7 Å². The number of hydrogen-bond acceptors (Lipinski definition) is 4. The van der Waals surface area contributed by atoms with Crippen molar-refractivity contribution in [1.29, 1.82) is 0 Å². The molecule has 0 saturated heterocycles. The van der Waals surface area contributed by atoms with Gasteiger partial charge < -0.3 is 0 Å². The molecule has 0 aromatic heterocycles. The van der Waals surface area contributed by atoms with Crippen molar-refractivity contribution in [2.45, 2.75) is 23.6 Å². The minimum absolute atomic E-state index is 0.101. The first kappa shape index (κ1) is 18.4.